The first-order valence-corrected chi connectivity index (χ1v) is 12.8. The molecular weight excluding hydrogens is 618 g/mol. The van der Waals surface area contributed by atoms with Crippen LogP contribution in [0, 0.1) is 0 Å². The van der Waals surface area contributed by atoms with E-state index in [1.165, 1.54) is 0 Å². The minimum atomic E-state index is -6.11. The van der Waals surface area contributed by atoms with Crippen molar-refractivity contribution in [3.8, 4) is 0 Å². The van der Waals surface area contributed by atoms with Gasteiger partial charge in [0.25, 0.3) is 23.5 Å². The SMILES string of the molecule is O=C1NC(=O)N(C2OC(COP(=O)([O-])OP(=O)([O-])OP(=O)([O-])O)C(O)C2O)CC1Br.[Na+].[Na+].[Na+]. The van der Waals surface area contributed by atoms with E-state index in [2.05, 4.69) is 29.1 Å². The second-order valence-electron chi connectivity index (χ2n) is 5.78. The Morgan fingerprint density at radius 2 is 1.61 bits per heavy atom. The van der Waals surface area contributed by atoms with E-state index in [1.54, 1.807) is 0 Å². The van der Waals surface area contributed by atoms with Crippen LogP contribution in [0.1, 0.15) is 0 Å². The van der Waals surface area contributed by atoms with Crippen LogP contribution >= 0.6 is 39.4 Å². The van der Waals surface area contributed by atoms with Gasteiger partial charge in [-0.1, -0.05) is 15.9 Å². The van der Waals surface area contributed by atoms with E-state index in [0.29, 0.717) is 0 Å². The molecule has 0 saturated carbocycles. The van der Waals surface area contributed by atoms with E-state index >= 15 is 0 Å². The molecule has 4 N–H and O–H groups in total. The minimum Gasteiger partial charge on any atom is -0.756 e. The summed E-state index contributed by atoms with van der Waals surface area (Å²) in [4.78, 5) is 64.6. The Kier molecular flexibility index (Phi) is 16.9. The molecule has 8 unspecified atom stereocenters. The largest absolute Gasteiger partial charge is 1.00 e. The second-order valence-corrected chi connectivity index (χ2v) is 11.2. The number of urea groups is 1. The zero-order valence-corrected chi connectivity index (χ0v) is 27.5. The van der Waals surface area contributed by atoms with Gasteiger partial charge in [-0.15, -0.1) is 0 Å². The number of halogens is 1. The van der Waals surface area contributed by atoms with Crippen LogP contribution < -0.4 is 109 Å². The Balaban J connectivity index is 0. The molecule has 17 nitrogen and oxygen atoms in total. The van der Waals surface area contributed by atoms with Crippen LogP contribution in [0.15, 0.2) is 0 Å². The van der Waals surface area contributed by atoms with Crippen LogP contribution in [0.5, 0.6) is 0 Å². The number of nitrogens with zero attached hydrogens (tertiary/aromatic N) is 1. The number of carbonyl (C=O) groups is 2. The molecule has 0 radical (unpaired) electrons. The van der Waals surface area contributed by atoms with Crippen molar-refractivity contribution in [2.24, 2.45) is 0 Å². The van der Waals surface area contributed by atoms with Crippen molar-refractivity contribution in [2.45, 2.75) is 29.4 Å². The molecule has 0 aromatic carbocycles. The first kappa shape index (κ1) is 37.9. The summed E-state index contributed by atoms with van der Waals surface area (Å²) in [5.41, 5.74) is 0. The van der Waals surface area contributed by atoms with Gasteiger partial charge in [-0.25, -0.2) is 13.4 Å². The number of phosphoric ester groups is 1. The maximum atomic E-state index is 11.9. The van der Waals surface area contributed by atoms with E-state index < -0.39 is 71.4 Å². The minimum absolute atomic E-state index is 0. The Morgan fingerprint density at radius 3 is 2.12 bits per heavy atom. The predicted octanol–water partition coefficient (Wildman–Crippen LogP) is -12.8. The van der Waals surface area contributed by atoms with Crippen LogP contribution in [-0.4, -0.2) is 74.5 Å². The summed E-state index contributed by atoms with van der Waals surface area (Å²) >= 11 is 2.97. The van der Waals surface area contributed by atoms with Crippen molar-refractivity contribution in [3.63, 3.8) is 0 Å². The average Bonchev–Trinajstić information content (AvgIpc) is 2.81. The van der Waals surface area contributed by atoms with Gasteiger partial charge < -0.3 is 39.0 Å². The summed E-state index contributed by atoms with van der Waals surface area (Å²) in [7, 11) is -17.8. The van der Waals surface area contributed by atoms with Crippen molar-refractivity contribution in [2.75, 3.05) is 13.2 Å². The van der Waals surface area contributed by atoms with Crippen molar-refractivity contribution >= 4 is 51.3 Å². The molecule has 0 aromatic heterocycles. The first-order valence-electron chi connectivity index (χ1n) is 7.51. The number of hydrogen-bond donors (Lipinski definition) is 4. The Hall–Kier alpha value is 2.71. The van der Waals surface area contributed by atoms with Gasteiger partial charge in [0, 0.05) is 6.54 Å². The molecule has 174 valence electrons. The molecule has 3 amide bonds. The molecule has 0 bridgehead atoms. The number of nitrogens with one attached hydrogen (secondary N) is 1. The third-order valence-electron chi connectivity index (χ3n) is 3.58. The maximum Gasteiger partial charge on any atom is 1.00 e. The number of ether oxygens (including phenoxy) is 1. The number of aliphatic hydroxyl groups is 2. The summed E-state index contributed by atoms with van der Waals surface area (Å²) in [6, 6.07) is -0.971. The topological polar surface area (TPSA) is 267 Å². The maximum absolute atomic E-state index is 11.9. The Morgan fingerprint density at radius 1 is 1.06 bits per heavy atom. The van der Waals surface area contributed by atoms with E-state index in [-0.39, 0.29) is 95.2 Å². The van der Waals surface area contributed by atoms with Crippen LogP contribution in [0.25, 0.3) is 0 Å². The van der Waals surface area contributed by atoms with E-state index in [9.17, 15) is 48.2 Å². The number of carbonyl (C=O) groups excluding carboxylic acids is 2. The van der Waals surface area contributed by atoms with Crippen LogP contribution in [-0.2, 0) is 36.4 Å². The monoisotopic (exact) mass is 630 g/mol. The van der Waals surface area contributed by atoms with E-state index in [0.717, 1.165) is 4.90 Å². The third-order valence-corrected chi connectivity index (χ3v) is 7.97. The van der Waals surface area contributed by atoms with Gasteiger partial charge in [0.2, 0.25) is 5.91 Å². The number of imide groups is 1. The number of alkyl halides is 1. The van der Waals surface area contributed by atoms with E-state index in [1.807, 2.05) is 5.32 Å². The molecule has 8 atom stereocenters. The fraction of sp³-hybridized carbons (Fsp3) is 0.778. The zero-order valence-electron chi connectivity index (χ0n) is 17.2. The molecule has 2 fully saturated rings. The third kappa shape index (κ3) is 11.5. The number of aliphatic hydroxyl groups excluding tert-OH is 2. The molecule has 2 heterocycles. The Labute approximate surface area is 260 Å². The molecule has 2 aliphatic rings. The summed E-state index contributed by atoms with van der Waals surface area (Å²) in [6.45, 7) is -1.42. The van der Waals surface area contributed by atoms with Crippen molar-refractivity contribution in [1.82, 2.24) is 10.2 Å². The van der Waals surface area contributed by atoms with Gasteiger partial charge in [-0.2, -0.15) is 0 Å². The molecule has 2 rings (SSSR count). The standard InChI is InChI=1S/C9H16BrN2O15P3.3Na/c10-3-1-12(9(16)11-7(3)15)8-6(14)5(13)4(25-8)2-24-29(20,21)27-30(22,23)26-28(17,18)19;;;/h3-6,8,13-14H,1-2H2,(H,20,21)(H,22,23)(H,11,15,16)(H2,17,18,19);;;/q;3*+1/p-3. The summed E-state index contributed by atoms with van der Waals surface area (Å²) in [5.74, 6) is -0.664. The predicted molar refractivity (Wildman–Crippen MR) is 86.8 cm³/mol. The van der Waals surface area contributed by atoms with Gasteiger partial charge in [-0.3, -0.25) is 28.7 Å². The fourth-order valence-electron chi connectivity index (χ4n) is 2.39. The molecule has 33 heavy (non-hydrogen) atoms. The number of amides is 3. The number of phosphoric acid groups is 3. The Bertz CT molecular complexity index is 849. The molecule has 2 saturated heterocycles. The molecule has 24 heteroatoms. The van der Waals surface area contributed by atoms with Gasteiger partial charge in [-0.05, 0) is 0 Å². The summed E-state index contributed by atoms with van der Waals surface area (Å²) < 4.78 is 48.8. The first-order chi connectivity index (χ1) is 13.5. The normalized spacial score (nSPS) is 32.7. The molecular formula is C9H13BrN2Na3O15P3. The van der Waals surface area contributed by atoms with Crippen molar-refractivity contribution in [1.29, 1.82) is 0 Å². The zero-order chi connectivity index (χ0) is 23.1. The van der Waals surface area contributed by atoms with E-state index in [4.69, 9.17) is 9.63 Å². The molecule has 0 spiro atoms. The summed E-state index contributed by atoms with van der Waals surface area (Å²) in [6.07, 6.45) is -6.78. The quantitative estimate of drug-likeness (QED) is 0.110. The molecule has 0 aromatic rings. The van der Waals surface area contributed by atoms with Crippen molar-refractivity contribution < 1.29 is 160 Å². The van der Waals surface area contributed by atoms with Crippen LogP contribution in [0.2, 0.25) is 0 Å². The van der Waals surface area contributed by atoms with Gasteiger partial charge in [0.15, 0.2) is 6.23 Å². The second kappa shape index (κ2) is 14.8. The van der Waals surface area contributed by atoms with Crippen LogP contribution in [0.4, 0.5) is 4.79 Å². The van der Waals surface area contributed by atoms with Gasteiger partial charge >= 0.3 is 94.7 Å². The fourth-order valence-corrected chi connectivity index (χ4v) is 5.71. The number of rotatable bonds is 8. The number of hydrogen-bond acceptors (Lipinski definition) is 14. The summed E-state index contributed by atoms with van der Waals surface area (Å²) in [5, 5.41) is 22.0. The van der Waals surface area contributed by atoms with Crippen molar-refractivity contribution in [3.05, 3.63) is 0 Å². The average molecular weight is 631 g/mol. The molecule has 2 aliphatic heterocycles. The van der Waals surface area contributed by atoms with Crippen LogP contribution in [0.3, 0.4) is 0 Å². The van der Waals surface area contributed by atoms with Gasteiger partial charge in [0.05, 0.1) is 6.61 Å². The van der Waals surface area contributed by atoms with Gasteiger partial charge in [0.1, 0.15) is 23.1 Å². The smallest absolute Gasteiger partial charge is 0.756 e. The molecule has 0 aliphatic carbocycles.